The van der Waals surface area contributed by atoms with Crippen LogP contribution in [0.2, 0.25) is 0 Å². The summed E-state index contributed by atoms with van der Waals surface area (Å²) < 4.78 is 5.39. The number of amides is 1. The summed E-state index contributed by atoms with van der Waals surface area (Å²) >= 11 is 1.90. The van der Waals surface area contributed by atoms with Gasteiger partial charge in [0.2, 0.25) is 0 Å². The van der Waals surface area contributed by atoms with Gasteiger partial charge in [-0.1, -0.05) is 6.07 Å². The molecular weight excluding hydrogens is 246 g/mol. The zero-order valence-corrected chi connectivity index (χ0v) is 12.0. The zero-order valence-electron chi connectivity index (χ0n) is 11.2. The molecule has 0 bridgehead atoms. The van der Waals surface area contributed by atoms with Crippen molar-refractivity contribution in [2.45, 2.75) is 13.8 Å². The van der Waals surface area contributed by atoms with E-state index < -0.39 is 0 Å². The summed E-state index contributed by atoms with van der Waals surface area (Å²) in [4.78, 5) is 14.4. The van der Waals surface area contributed by atoms with Gasteiger partial charge in [-0.05, 0) is 31.0 Å². The molecule has 1 aliphatic heterocycles. The summed E-state index contributed by atoms with van der Waals surface area (Å²) in [6.45, 7) is 5.66. The van der Waals surface area contributed by atoms with Crippen LogP contribution in [0.1, 0.15) is 21.5 Å². The number of carbonyl (C=O) groups is 1. The van der Waals surface area contributed by atoms with Gasteiger partial charge in [0, 0.05) is 24.6 Å². The maximum absolute atomic E-state index is 12.5. The number of methoxy groups -OCH3 is 1. The Bertz CT molecular complexity index is 453. The second-order valence-corrected chi connectivity index (χ2v) is 5.79. The molecule has 1 aromatic rings. The lowest BCUT2D eigenvalue weighted by atomic mass is 10.0. The number of ether oxygens (including phenoxy) is 1. The van der Waals surface area contributed by atoms with Crippen molar-refractivity contribution in [1.82, 2.24) is 4.90 Å². The maximum atomic E-state index is 12.5. The lowest BCUT2D eigenvalue weighted by Gasteiger charge is -2.27. The molecule has 1 aliphatic rings. The van der Waals surface area contributed by atoms with Crippen LogP contribution in [0, 0.1) is 13.8 Å². The van der Waals surface area contributed by atoms with Crippen LogP contribution in [0.15, 0.2) is 12.1 Å². The summed E-state index contributed by atoms with van der Waals surface area (Å²) in [5, 5.41) is 0. The number of aryl methyl sites for hydroxylation is 2. The number of carbonyl (C=O) groups excluding carboxylic acids is 1. The van der Waals surface area contributed by atoms with Gasteiger partial charge in [0.25, 0.3) is 5.91 Å². The van der Waals surface area contributed by atoms with Crippen molar-refractivity contribution in [3.05, 3.63) is 28.8 Å². The minimum absolute atomic E-state index is 0.0963. The van der Waals surface area contributed by atoms with Gasteiger partial charge in [0.1, 0.15) is 5.75 Å². The molecule has 0 aliphatic carbocycles. The standard InChI is InChI=1S/C14H19NO2S/c1-10-8-11(2)13(17-3)12(9-10)14(16)15-4-6-18-7-5-15/h8-9H,4-7H2,1-3H3. The highest BCUT2D eigenvalue weighted by Crippen LogP contribution is 2.27. The normalized spacial score (nSPS) is 15.6. The van der Waals surface area contributed by atoms with Gasteiger partial charge in [-0.3, -0.25) is 4.79 Å². The third-order valence-corrected chi connectivity index (χ3v) is 4.09. The average molecular weight is 265 g/mol. The number of benzene rings is 1. The van der Waals surface area contributed by atoms with Crippen molar-refractivity contribution in [2.75, 3.05) is 31.7 Å². The van der Waals surface area contributed by atoms with Crippen LogP contribution >= 0.6 is 11.8 Å². The highest BCUT2D eigenvalue weighted by atomic mass is 32.2. The monoisotopic (exact) mass is 265 g/mol. The van der Waals surface area contributed by atoms with E-state index >= 15 is 0 Å². The number of rotatable bonds is 2. The van der Waals surface area contributed by atoms with Gasteiger partial charge >= 0.3 is 0 Å². The SMILES string of the molecule is COc1c(C)cc(C)cc1C(=O)N1CCSCC1. The van der Waals surface area contributed by atoms with Crippen LogP contribution in [0.25, 0.3) is 0 Å². The lowest BCUT2D eigenvalue weighted by Crippen LogP contribution is -2.38. The molecule has 0 saturated carbocycles. The molecule has 1 amide bonds. The highest BCUT2D eigenvalue weighted by molar-refractivity contribution is 7.99. The van der Waals surface area contributed by atoms with Gasteiger partial charge in [-0.25, -0.2) is 0 Å². The van der Waals surface area contributed by atoms with E-state index in [1.807, 2.05) is 42.6 Å². The smallest absolute Gasteiger partial charge is 0.257 e. The summed E-state index contributed by atoms with van der Waals surface area (Å²) in [5.41, 5.74) is 2.82. The molecule has 1 fully saturated rings. The van der Waals surface area contributed by atoms with Crippen molar-refractivity contribution in [2.24, 2.45) is 0 Å². The molecule has 3 nitrogen and oxygen atoms in total. The fourth-order valence-electron chi connectivity index (χ4n) is 2.32. The molecule has 0 radical (unpaired) electrons. The van der Waals surface area contributed by atoms with E-state index in [4.69, 9.17) is 4.74 Å². The van der Waals surface area contributed by atoms with E-state index in [0.717, 1.165) is 35.7 Å². The van der Waals surface area contributed by atoms with Crippen molar-refractivity contribution >= 4 is 17.7 Å². The van der Waals surface area contributed by atoms with Crippen LogP contribution < -0.4 is 4.74 Å². The topological polar surface area (TPSA) is 29.5 Å². The third kappa shape index (κ3) is 2.64. The van der Waals surface area contributed by atoms with Gasteiger partial charge in [-0.2, -0.15) is 11.8 Å². The van der Waals surface area contributed by atoms with Crippen molar-refractivity contribution in [3.63, 3.8) is 0 Å². The van der Waals surface area contributed by atoms with Crippen molar-refractivity contribution in [1.29, 1.82) is 0 Å². The van der Waals surface area contributed by atoms with Gasteiger partial charge in [0.05, 0.1) is 12.7 Å². The Balaban J connectivity index is 2.33. The predicted molar refractivity (Wildman–Crippen MR) is 75.7 cm³/mol. The van der Waals surface area contributed by atoms with E-state index in [9.17, 15) is 4.79 Å². The first-order valence-corrected chi connectivity index (χ1v) is 7.31. The van der Waals surface area contributed by atoms with Crippen LogP contribution in [0.5, 0.6) is 5.75 Å². The van der Waals surface area contributed by atoms with E-state index in [0.29, 0.717) is 11.3 Å². The highest BCUT2D eigenvalue weighted by Gasteiger charge is 2.22. The predicted octanol–water partition coefficient (Wildman–Crippen LogP) is 2.50. The second-order valence-electron chi connectivity index (χ2n) is 4.57. The number of thioether (sulfide) groups is 1. The summed E-state index contributed by atoms with van der Waals surface area (Å²) in [5.74, 6) is 2.86. The number of hydrogen-bond acceptors (Lipinski definition) is 3. The van der Waals surface area contributed by atoms with Crippen LogP contribution in [-0.2, 0) is 0 Å². The lowest BCUT2D eigenvalue weighted by molar-refractivity contribution is 0.0768. The van der Waals surface area contributed by atoms with E-state index in [2.05, 4.69) is 0 Å². The molecule has 0 N–H and O–H groups in total. The Morgan fingerprint density at radius 1 is 1.28 bits per heavy atom. The van der Waals surface area contributed by atoms with Crippen molar-refractivity contribution in [3.8, 4) is 5.75 Å². The molecule has 1 saturated heterocycles. The largest absolute Gasteiger partial charge is 0.496 e. The Morgan fingerprint density at radius 3 is 2.56 bits per heavy atom. The molecule has 98 valence electrons. The molecule has 0 spiro atoms. The fraction of sp³-hybridized carbons (Fsp3) is 0.500. The van der Waals surface area contributed by atoms with E-state index in [1.165, 1.54) is 0 Å². The zero-order chi connectivity index (χ0) is 13.1. The molecule has 2 rings (SSSR count). The quantitative estimate of drug-likeness (QED) is 0.823. The Hall–Kier alpha value is -1.16. The fourth-order valence-corrected chi connectivity index (χ4v) is 3.22. The molecule has 0 unspecified atom stereocenters. The summed E-state index contributed by atoms with van der Waals surface area (Å²) in [7, 11) is 1.63. The first kappa shape index (κ1) is 13.3. The molecule has 1 heterocycles. The summed E-state index contributed by atoms with van der Waals surface area (Å²) in [6, 6.07) is 3.97. The van der Waals surface area contributed by atoms with Crippen LogP contribution in [-0.4, -0.2) is 42.5 Å². The maximum Gasteiger partial charge on any atom is 0.257 e. The Labute approximate surface area is 113 Å². The molecule has 18 heavy (non-hydrogen) atoms. The minimum atomic E-state index is 0.0963. The first-order valence-electron chi connectivity index (χ1n) is 6.15. The third-order valence-electron chi connectivity index (χ3n) is 3.15. The Morgan fingerprint density at radius 2 is 1.94 bits per heavy atom. The van der Waals surface area contributed by atoms with Crippen LogP contribution in [0.3, 0.4) is 0 Å². The molecular formula is C14H19NO2S. The molecule has 4 heteroatoms. The first-order chi connectivity index (χ1) is 8.63. The van der Waals surface area contributed by atoms with E-state index in [-0.39, 0.29) is 5.91 Å². The number of nitrogens with zero attached hydrogens (tertiary/aromatic N) is 1. The second kappa shape index (κ2) is 5.65. The average Bonchev–Trinajstić information content (AvgIpc) is 2.38. The van der Waals surface area contributed by atoms with Gasteiger partial charge in [0.15, 0.2) is 0 Å². The molecule has 0 aromatic heterocycles. The van der Waals surface area contributed by atoms with Gasteiger partial charge in [-0.15, -0.1) is 0 Å². The van der Waals surface area contributed by atoms with Crippen LogP contribution in [0.4, 0.5) is 0 Å². The molecule has 1 aromatic carbocycles. The molecule has 0 atom stereocenters. The van der Waals surface area contributed by atoms with Crippen molar-refractivity contribution < 1.29 is 9.53 Å². The number of hydrogen-bond donors (Lipinski definition) is 0. The van der Waals surface area contributed by atoms with Gasteiger partial charge < -0.3 is 9.64 Å². The van der Waals surface area contributed by atoms with E-state index in [1.54, 1.807) is 7.11 Å². The Kier molecular flexibility index (Phi) is 4.17. The minimum Gasteiger partial charge on any atom is -0.496 e. The summed E-state index contributed by atoms with van der Waals surface area (Å²) in [6.07, 6.45) is 0.